The summed E-state index contributed by atoms with van der Waals surface area (Å²) < 4.78 is 0. The Bertz CT molecular complexity index is 317. The lowest BCUT2D eigenvalue weighted by molar-refractivity contribution is 0.669. The Balaban J connectivity index is 3.08. The lowest BCUT2D eigenvalue weighted by Gasteiger charge is -2.13. The van der Waals surface area contributed by atoms with Gasteiger partial charge in [0.15, 0.2) is 0 Å². The maximum atomic E-state index is 5.80. The van der Waals surface area contributed by atoms with E-state index in [1.54, 1.807) is 0 Å². The largest absolute Gasteiger partial charge is 0.328 e. The number of nitrogens with zero attached hydrogens (tertiary/aromatic N) is 2. The van der Waals surface area contributed by atoms with Crippen molar-refractivity contribution in [3.8, 4) is 0 Å². The van der Waals surface area contributed by atoms with Crippen LogP contribution in [0.3, 0.4) is 0 Å². The monoisotopic (exact) mass is 221 g/mol. The lowest BCUT2D eigenvalue weighted by Crippen LogP contribution is -2.20. The number of hydrogen-bond donors (Lipinski definition) is 1. The Morgan fingerprint density at radius 1 is 1.00 bits per heavy atom. The first-order valence-electron chi connectivity index (χ1n) is 6.03. The van der Waals surface area contributed by atoms with E-state index in [9.17, 15) is 0 Å². The van der Waals surface area contributed by atoms with E-state index < -0.39 is 0 Å². The molecule has 16 heavy (non-hydrogen) atoms. The molecule has 2 N–H and O–H groups in total. The van der Waals surface area contributed by atoms with E-state index in [-0.39, 0.29) is 6.04 Å². The normalized spacial score (nSPS) is 13.5. The molecule has 0 saturated heterocycles. The Kier molecular flexibility index (Phi) is 4.42. The van der Waals surface area contributed by atoms with Gasteiger partial charge < -0.3 is 5.73 Å². The minimum atomic E-state index is 0.113. The van der Waals surface area contributed by atoms with Gasteiger partial charge in [0, 0.05) is 23.9 Å². The molecule has 0 fully saturated rings. The quantitative estimate of drug-likeness (QED) is 0.850. The Morgan fingerprint density at radius 2 is 1.44 bits per heavy atom. The zero-order valence-corrected chi connectivity index (χ0v) is 11.0. The Labute approximate surface area is 98.5 Å². The molecule has 90 valence electrons. The van der Waals surface area contributed by atoms with Crippen LogP contribution in [0.2, 0.25) is 0 Å². The molecule has 1 aromatic rings. The average Bonchev–Trinajstić information content (AvgIpc) is 2.15. The van der Waals surface area contributed by atoms with E-state index in [1.807, 2.05) is 6.92 Å². The third-order valence-electron chi connectivity index (χ3n) is 2.50. The van der Waals surface area contributed by atoms with Crippen molar-refractivity contribution in [1.29, 1.82) is 0 Å². The minimum Gasteiger partial charge on any atom is -0.328 e. The summed E-state index contributed by atoms with van der Waals surface area (Å²) in [6, 6.07) is 2.22. The maximum absolute atomic E-state index is 5.80. The fraction of sp³-hybridized carbons (Fsp3) is 0.692. The number of nitrogens with two attached hydrogens (primary N) is 1. The SMILES string of the molecule is CC(N)Cc1nc(C(C)C)cc(C(C)C)n1. The average molecular weight is 221 g/mol. The first-order chi connectivity index (χ1) is 7.40. The first-order valence-corrected chi connectivity index (χ1v) is 6.03. The molecule has 0 radical (unpaired) electrons. The minimum absolute atomic E-state index is 0.113. The van der Waals surface area contributed by atoms with Crippen LogP contribution in [0.15, 0.2) is 6.07 Å². The molecule has 0 saturated carbocycles. The van der Waals surface area contributed by atoms with Crippen LogP contribution in [0.5, 0.6) is 0 Å². The van der Waals surface area contributed by atoms with Crippen LogP contribution < -0.4 is 5.73 Å². The van der Waals surface area contributed by atoms with Crippen molar-refractivity contribution >= 4 is 0 Å². The highest BCUT2D eigenvalue weighted by atomic mass is 14.9. The lowest BCUT2D eigenvalue weighted by atomic mass is 10.0. The van der Waals surface area contributed by atoms with E-state index in [4.69, 9.17) is 5.73 Å². The highest BCUT2D eigenvalue weighted by Crippen LogP contribution is 2.18. The first kappa shape index (κ1) is 13.1. The molecule has 3 nitrogen and oxygen atoms in total. The Morgan fingerprint density at radius 3 is 1.75 bits per heavy atom. The topological polar surface area (TPSA) is 51.8 Å². The summed E-state index contributed by atoms with van der Waals surface area (Å²) in [5.41, 5.74) is 8.04. The van der Waals surface area contributed by atoms with Gasteiger partial charge in [0.25, 0.3) is 0 Å². The molecule has 0 aliphatic heterocycles. The molecule has 0 aromatic carbocycles. The van der Waals surface area contributed by atoms with Crippen molar-refractivity contribution in [2.45, 2.75) is 58.9 Å². The molecule has 1 aromatic heterocycles. The van der Waals surface area contributed by atoms with Gasteiger partial charge >= 0.3 is 0 Å². The van der Waals surface area contributed by atoms with Gasteiger partial charge in [-0.1, -0.05) is 27.7 Å². The summed E-state index contributed by atoms with van der Waals surface area (Å²) in [4.78, 5) is 9.13. The van der Waals surface area contributed by atoms with Crippen LogP contribution in [0.1, 0.15) is 63.7 Å². The van der Waals surface area contributed by atoms with E-state index in [1.165, 1.54) is 0 Å². The second-order valence-electron chi connectivity index (χ2n) is 5.12. The van der Waals surface area contributed by atoms with Gasteiger partial charge in [-0.3, -0.25) is 0 Å². The van der Waals surface area contributed by atoms with Crippen LogP contribution in [-0.2, 0) is 6.42 Å². The molecular weight excluding hydrogens is 198 g/mol. The fourth-order valence-corrected chi connectivity index (χ4v) is 1.51. The van der Waals surface area contributed by atoms with E-state index >= 15 is 0 Å². The van der Waals surface area contributed by atoms with Gasteiger partial charge in [-0.05, 0) is 24.8 Å². The summed E-state index contributed by atoms with van der Waals surface area (Å²) in [5.74, 6) is 1.75. The summed E-state index contributed by atoms with van der Waals surface area (Å²) in [6.45, 7) is 10.6. The van der Waals surface area contributed by atoms with Crippen molar-refractivity contribution in [1.82, 2.24) is 9.97 Å². The van der Waals surface area contributed by atoms with Crippen molar-refractivity contribution in [2.24, 2.45) is 5.73 Å². The van der Waals surface area contributed by atoms with Crippen molar-refractivity contribution in [2.75, 3.05) is 0 Å². The number of aromatic nitrogens is 2. The molecule has 1 rings (SSSR count). The van der Waals surface area contributed by atoms with E-state index in [2.05, 4.69) is 43.7 Å². The Hall–Kier alpha value is -0.960. The van der Waals surface area contributed by atoms with Crippen LogP contribution >= 0.6 is 0 Å². The number of hydrogen-bond acceptors (Lipinski definition) is 3. The van der Waals surface area contributed by atoms with E-state index in [0.717, 1.165) is 23.6 Å². The van der Waals surface area contributed by atoms with Gasteiger partial charge in [-0.15, -0.1) is 0 Å². The zero-order valence-electron chi connectivity index (χ0n) is 11.0. The van der Waals surface area contributed by atoms with Crippen molar-refractivity contribution in [3.05, 3.63) is 23.3 Å². The fourth-order valence-electron chi connectivity index (χ4n) is 1.51. The third-order valence-corrected chi connectivity index (χ3v) is 2.50. The molecule has 0 amide bonds. The summed E-state index contributed by atoms with van der Waals surface area (Å²) >= 11 is 0. The van der Waals surface area contributed by atoms with Gasteiger partial charge in [0.1, 0.15) is 5.82 Å². The summed E-state index contributed by atoms with van der Waals surface area (Å²) in [7, 11) is 0. The number of rotatable bonds is 4. The standard InChI is InChI=1S/C13H23N3/c1-8(2)11-7-12(9(3)4)16-13(15-11)6-10(5)14/h7-10H,6,14H2,1-5H3. The predicted octanol–water partition coefficient (Wildman–Crippen LogP) is 2.61. The highest BCUT2D eigenvalue weighted by molar-refractivity contribution is 5.17. The van der Waals surface area contributed by atoms with Gasteiger partial charge in [-0.25, -0.2) is 9.97 Å². The van der Waals surface area contributed by atoms with E-state index in [0.29, 0.717) is 11.8 Å². The van der Waals surface area contributed by atoms with Crippen molar-refractivity contribution < 1.29 is 0 Å². The summed E-state index contributed by atoms with van der Waals surface area (Å²) in [6.07, 6.45) is 0.750. The zero-order chi connectivity index (χ0) is 12.3. The summed E-state index contributed by atoms with van der Waals surface area (Å²) in [5, 5.41) is 0. The molecular formula is C13H23N3. The molecule has 1 atom stereocenters. The third kappa shape index (κ3) is 3.56. The maximum Gasteiger partial charge on any atom is 0.130 e. The smallest absolute Gasteiger partial charge is 0.130 e. The highest BCUT2D eigenvalue weighted by Gasteiger charge is 2.11. The second kappa shape index (κ2) is 5.39. The molecule has 1 unspecified atom stereocenters. The van der Waals surface area contributed by atoms with Crippen LogP contribution in [0.25, 0.3) is 0 Å². The van der Waals surface area contributed by atoms with Gasteiger partial charge in [0.05, 0.1) is 0 Å². The van der Waals surface area contributed by atoms with Gasteiger partial charge in [0.2, 0.25) is 0 Å². The van der Waals surface area contributed by atoms with Crippen LogP contribution in [0, 0.1) is 0 Å². The van der Waals surface area contributed by atoms with Gasteiger partial charge in [-0.2, -0.15) is 0 Å². The molecule has 0 aliphatic carbocycles. The molecule has 0 spiro atoms. The molecule has 0 aliphatic rings. The molecule has 0 bridgehead atoms. The molecule has 1 heterocycles. The molecule has 3 heteroatoms. The van der Waals surface area contributed by atoms with Crippen LogP contribution in [-0.4, -0.2) is 16.0 Å². The van der Waals surface area contributed by atoms with Crippen LogP contribution in [0.4, 0.5) is 0 Å². The predicted molar refractivity (Wildman–Crippen MR) is 67.6 cm³/mol. The second-order valence-corrected chi connectivity index (χ2v) is 5.12. The van der Waals surface area contributed by atoms with Crippen molar-refractivity contribution in [3.63, 3.8) is 0 Å².